The molecule has 0 atom stereocenters. The van der Waals surface area contributed by atoms with Crippen LogP contribution in [-0.2, 0) is 19.6 Å². The van der Waals surface area contributed by atoms with Gasteiger partial charge in [0.05, 0.1) is 25.2 Å². The quantitative estimate of drug-likeness (QED) is 0.409. The molecule has 0 aliphatic carbocycles. The summed E-state index contributed by atoms with van der Waals surface area (Å²) in [7, 11) is 1.65. The van der Waals surface area contributed by atoms with Crippen LogP contribution in [0.4, 0.5) is 10.8 Å². The minimum atomic E-state index is 0.628. The molecule has 1 N–H and O–H groups in total. The van der Waals surface area contributed by atoms with Gasteiger partial charge in [-0.3, -0.25) is 4.90 Å². The first-order chi connectivity index (χ1) is 15.7. The topological polar surface area (TPSA) is 68.1 Å². The lowest BCUT2D eigenvalue weighted by atomic mass is 10.1. The van der Waals surface area contributed by atoms with Gasteiger partial charge in [0.25, 0.3) is 0 Å². The summed E-state index contributed by atoms with van der Waals surface area (Å²) in [6.45, 7) is 2.30. The van der Waals surface area contributed by atoms with E-state index in [-0.39, 0.29) is 0 Å². The number of para-hydroxylation sites is 2. The predicted molar refractivity (Wildman–Crippen MR) is 129 cm³/mol. The lowest BCUT2D eigenvalue weighted by molar-refractivity contribution is 0.187. The van der Waals surface area contributed by atoms with Gasteiger partial charge < -0.3 is 10.1 Å². The first-order valence-corrected chi connectivity index (χ1v) is 11.5. The van der Waals surface area contributed by atoms with Gasteiger partial charge in [0.2, 0.25) is 5.13 Å². The van der Waals surface area contributed by atoms with Crippen LogP contribution < -0.4 is 10.1 Å². The van der Waals surface area contributed by atoms with Crippen LogP contribution in [0.15, 0.2) is 60.8 Å². The lowest BCUT2D eigenvalue weighted by Crippen LogP contribution is -2.33. The van der Waals surface area contributed by atoms with Gasteiger partial charge in [-0.25, -0.2) is 14.6 Å². The molecule has 2 aromatic carbocycles. The van der Waals surface area contributed by atoms with E-state index in [2.05, 4.69) is 20.3 Å². The van der Waals surface area contributed by atoms with Gasteiger partial charge in [-0.05, 0) is 24.4 Å². The molecule has 2 aromatic heterocycles. The summed E-state index contributed by atoms with van der Waals surface area (Å²) in [6, 6.07) is 17.9. The average molecular weight is 463 g/mol. The fourth-order valence-corrected chi connectivity index (χ4v) is 4.73. The third-order valence-electron chi connectivity index (χ3n) is 5.33. The molecule has 1 aliphatic heterocycles. The van der Waals surface area contributed by atoms with Gasteiger partial charge in [-0.1, -0.05) is 53.8 Å². The van der Waals surface area contributed by atoms with Gasteiger partial charge in [0, 0.05) is 36.8 Å². The van der Waals surface area contributed by atoms with Crippen LogP contribution >= 0.6 is 23.6 Å². The molecule has 0 unspecified atom stereocenters. The highest BCUT2D eigenvalue weighted by atomic mass is 32.1. The Kier molecular flexibility index (Phi) is 5.93. The number of methoxy groups -OCH3 is 1. The fraction of sp³-hybridized carbons (Fsp3) is 0.217. The zero-order valence-electron chi connectivity index (χ0n) is 17.6. The SMILES string of the molecule is COc1ccccc1Nc1nn(CN2CCc3nc(-c4ccccc4)ncc3C2)c(=S)s1. The number of aromatic nitrogens is 4. The van der Waals surface area contributed by atoms with E-state index in [0.29, 0.717) is 6.67 Å². The van der Waals surface area contributed by atoms with Gasteiger partial charge in [0.15, 0.2) is 9.78 Å². The highest BCUT2D eigenvalue weighted by molar-refractivity contribution is 7.73. The van der Waals surface area contributed by atoms with Crippen molar-refractivity contribution in [1.29, 1.82) is 0 Å². The number of nitrogens with one attached hydrogen (secondary N) is 1. The van der Waals surface area contributed by atoms with Crippen LogP contribution in [0, 0.1) is 3.95 Å². The van der Waals surface area contributed by atoms with Gasteiger partial charge >= 0.3 is 0 Å². The van der Waals surface area contributed by atoms with Crippen molar-refractivity contribution in [2.75, 3.05) is 19.0 Å². The number of benzene rings is 2. The maximum Gasteiger partial charge on any atom is 0.209 e. The second kappa shape index (κ2) is 9.15. The molecule has 32 heavy (non-hydrogen) atoms. The van der Waals surface area contributed by atoms with Crippen molar-refractivity contribution in [3.8, 4) is 17.1 Å². The first-order valence-electron chi connectivity index (χ1n) is 10.3. The maximum absolute atomic E-state index is 5.56. The average Bonchev–Trinajstić information content (AvgIpc) is 3.18. The molecule has 0 bridgehead atoms. The molecule has 0 amide bonds. The van der Waals surface area contributed by atoms with E-state index in [1.807, 2.05) is 65.5 Å². The summed E-state index contributed by atoms with van der Waals surface area (Å²) < 4.78 is 8.00. The largest absolute Gasteiger partial charge is 0.495 e. The Hall–Kier alpha value is -3.14. The molecule has 3 heterocycles. The standard InChI is InChI=1S/C23H22N6OS2/c1-30-20-10-6-5-9-19(20)26-22-27-29(23(31)32-22)15-28-12-11-18-17(14-28)13-24-21(25-18)16-7-3-2-4-8-16/h2-10,13H,11-12,14-15H2,1H3,(H,26,27). The summed E-state index contributed by atoms with van der Waals surface area (Å²) in [6.07, 6.45) is 2.83. The summed E-state index contributed by atoms with van der Waals surface area (Å²) in [5, 5.41) is 8.73. The van der Waals surface area contributed by atoms with Crippen molar-refractivity contribution < 1.29 is 4.74 Å². The third kappa shape index (κ3) is 4.40. The van der Waals surface area contributed by atoms with E-state index in [1.54, 1.807) is 7.11 Å². The molecule has 0 radical (unpaired) electrons. The van der Waals surface area contributed by atoms with Gasteiger partial charge in [-0.2, -0.15) is 0 Å². The van der Waals surface area contributed by atoms with Gasteiger partial charge in [-0.15, -0.1) is 5.10 Å². The van der Waals surface area contributed by atoms with E-state index in [9.17, 15) is 0 Å². The van der Waals surface area contributed by atoms with Crippen LogP contribution in [0.25, 0.3) is 11.4 Å². The molecule has 7 nitrogen and oxygen atoms in total. The normalized spacial score (nSPS) is 13.5. The molecule has 0 fully saturated rings. The van der Waals surface area contributed by atoms with Crippen LogP contribution in [0.5, 0.6) is 5.75 Å². The van der Waals surface area contributed by atoms with Crippen molar-refractivity contribution in [1.82, 2.24) is 24.6 Å². The Balaban J connectivity index is 1.29. The predicted octanol–water partition coefficient (Wildman–Crippen LogP) is 4.90. The van der Waals surface area contributed by atoms with Crippen molar-refractivity contribution in [2.24, 2.45) is 0 Å². The molecule has 0 spiro atoms. The Bertz CT molecular complexity index is 1290. The molecular formula is C23H22N6OS2. The fourth-order valence-electron chi connectivity index (χ4n) is 3.72. The van der Waals surface area contributed by atoms with Crippen LogP contribution in [0.3, 0.4) is 0 Å². The smallest absolute Gasteiger partial charge is 0.209 e. The van der Waals surface area contributed by atoms with Crippen molar-refractivity contribution in [3.05, 3.63) is 76.0 Å². The van der Waals surface area contributed by atoms with Crippen molar-refractivity contribution >= 4 is 34.4 Å². The summed E-state index contributed by atoms with van der Waals surface area (Å²) >= 11 is 7.02. The van der Waals surface area contributed by atoms with E-state index < -0.39 is 0 Å². The van der Waals surface area contributed by atoms with Crippen LogP contribution in [0.2, 0.25) is 0 Å². The van der Waals surface area contributed by atoms with E-state index in [1.165, 1.54) is 11.3 Å². The van der Waals surface area contributed by atoms with E-state index in [0.717, 1.165) is 62.7 Å². The number of rotatable bonds is 6. The first kappa shape index (κ1) is 20.7. The number of hydrogen-bond acceptors (Lipinski definition) is 8. The van der Waals surface area contributed by atoms with Gasteiger partial charge in [0.1, 0.15) is 5.75 Å². The Labute approximate surface area is 195 Å². The number of anilines is 2. The highest BCUT2D eigenvalue weighted by Gasteiger charge is 2.20. The van der Waals surface area contributed by atoms with Crippen molar-refractivity contribution in [2.45, 2.75) is 19.6 Å². The lowest BCUT2D eigenvalue weighted by Gasteiger charge is -2.27. The molecule has 5 rings (SSSR count). The summed E-state index contributed by atoms with van der Waals surface area (Å²) in [5.74, 6) is 1.55. The molecule has 162 valence electrons. The summed E-state index contributed by atoms with van der Waals surface area (Å²) in [4.78, 5) is 11.7. The number of nitrogens with zero attached hydrogens (tertiary/aromatic N) is 5. The monoisotopic (exact) mass is 462 g/mol. The molecule has 4 aromatic rings. The van der Waals surface area contributed by atoms with Crippen LogP contribution in [0.1, 0.15) is 11.3 Å². The number of ether oxygens (including phenoxy) is 1. The molecule has 0 saturated carbocycles. The van der Waals surface area contributed by atoms with Crippen molar-refractivity contribution in [3.63, 3.8) is 0 Å². The second-order valence-corrected chi connectivity index (χ2v) is 9.10. The molecular weight excluding hydrogens is 440 g/mol. The molecule has 0 saturated heterocycles. The van der Waals surface area contributed by atoms with Crippen LogP contribution in [-0.4, -0.2) is 38.3 Å². The molecule has 9 heteroatoms. The highest BCUT2D eigenvalue weighted by Crippen LogP contribution is 2.28. The van der Waals surface area contributed by atoms with E-state index >= 15 is 0 Å². The minimum Gasteiger partial charge on any atom is -0.495 e. The maximum atomic E-state index is 5.56. The zero-order valence-corrected chi connectivity index (χ0v) is 19.2. The minimum absolute atomic E-state index is 0.628. The summed E-state index contributed by atoms with van der Waals surface area (Å²) in [5.41, 5.74) is 4.19. The Morgan fingerprint density at radius 2 is 1.94 bits per heavy atom. The number of fused-ring (bicyclic) bond motifs is 1. The Morgan fingerprint density at radius 1 is 1.12 bits per heavy atom. The second-order valence-electron chi connectivity index (χ2n) is 7.47. The number of hydrogen-bond donors (Lipinski definition) is 1. The zero-order chi connectivity index (χ0) is 21.9. The molecule has 1 aliphatic rings. The third-order valence-corrected chi connectivity index (χ3v) is 6.56. The van der Waals surface area contributed by atoms with E-state index in [4.69, 9.17) is 21.9 Å². The Morgan fingerprint density at radius 3 is 2.78 bits per heavy atom.